The third-order valence-corrected chi connectivity index (χ3v) is 3.07. The number of esters is 1. The van der Waals surface area contributed by atoms with Gasteiger partial charge in [-0.1, -0.05) is 6.07 Å². The van der Waals surface area contributed by atoms with Crippen molar-refractivity contribution in [3.63, 3.8) is 0 Å². The number of carbonyl (C=O) groups excluding carboxylic acids is 1. The van der Waals surface area contributed by atoms with Crippen LogP contribution >= 0.6 is 0 Å². The molecule has 0 amide bonds. The van der Waals surface area contributed by atoms with Crippen molar-refractivity contribution in [2.45, 2.75) is 38.2 Å². The molecule has 0 unspecified atom stereocenters. The monoisotopic (exact) mass is 271 g/mol. The second kappa shape index (κ2) is 4.70. The molecule has 0 aliphatic heterocycles. The van der Waals surface area contributed by atoms with Crippen molar-refractivity contribution in [3.05, 3.63) is 29.3 Å². The highest BCUT2D eigenvalue weighted by atomic mass is 32.2. The minimum Gasteiger partial charge on any atom is -0.456 e. The lowest BCUT2D eigenvalue weighted by atomic mass is 10.1. The zero-order valence-corrected chi connectivity index (χ0v) is 11.7. The number of hydrogen-bond donors (Lipinski definition) is 1. The van der Waals surface area contributed by atoms with Gasteiger partial charge >= 0.3 is 5.97 Å². The van der Waals surface area contributed by atoms with E-state index in [2.05, 4.69) is 0 Å². The van der Waals surface area contributed by atoms with Crippen molar-refractivity contribution in [3.8, 4) is 0 Å². The summed E-state index contributed by atoms with van der Waals surface area (Å²) in [6.07, 6.45) is 0. The van der Waals surface area contributed by atoms with Crippen LogP contribution in [0.15, 0.2) is 23.1 Å². The number of nitrogens with two attached hydrogens (primary N) is 1. The number of benzene rings is 1. The first-order valence-electron chi connectivity index (χ1n) is 5.37. The number of primary sulfonamides is 1. The number of sulfonamides is 1. The molecule has 6 heteroatoms. The Balaban J connectivity index is 3.21. The maximum atomic E-state index is 11.9. The molecule has 0 spiro atoms. The number of hydrogen-bond acceptors (Lipinski definition) is 4. The predicted octanol–water partition coefficient (Wildman–Crippen LogP) is 1.60. The van der Waals surface area contributed by atoms with Gasteiger partial charge in [-0.25, -0.2) is 18.4 Å². The minimum absolute atomic E-state index is 0.103. The molecule has 0 fully saturated rings. The summed E-state index contributed by atoms with van der Waals surface area (Å²) in [6.45, 7) is 6.92. The summed E-state index contributed by atoms with van der Waals surface area (Å²) in [5.74, 6) is -0.564. The van der Waals surface area contributed by atoms with Crippen LogP contribution in [0.3, 0.4) is 0 Å². The fourth-order valence-corrected chi connectivity index (χ4v) is 1.87. The lowest BCUT2D eigenvalue weighted by molar-refractivity contribution is 0.00685. The van der Waals surface area contributed by atoms with Crippen molar-refractivity contribution < 1.29 is 17.9 Å². The molecule has 0 saturated carbocycles. The molecular weight excluding hydrogens is 254 g/mol. The van der Waals surface area contributed by atoms with Crippen molar-refractivity contribution in [2.24, 2.45) is 5.14 Å². The highest BCUT2D eigenvalue weighted by molar-refractivity contribution is 7.89. The normalized spacial score (nSPS) is 12.3. The van der Waals surface area contributed by atoms with Crippen LogP contribution in [-0.4, -0.2) is 20.0 Å². The molecule has 100 valence electrons. The van der Waals surface area contributed by atoms with Crippen molar-refractivity contribution >= 4 is 16.0 Å². The average Bonchev–Trinajstić information content (AvgIpc) is 2.13. The van der Waals surface area contributed by atoms with E-state index in [0.717, 1.165) is 0 Å². The van der Waals surface area contributed by atoms with E-state index in [1.807, 2.05) is 0 Å². The Kier molecular flexibility index (Phi) is 3.83. The number of ether oxygens (including phenoxy) is 1. The van der Waals surface area contributed by atoms with Crippen LogP contribution in [-0.2, 0) is 14.8 Å². The molecule has 0 aliphatic carbocycles. The fraction of sp³-hybridized carbons (Fsp3) is 0.417. The van der Waals surface area contributed by atoms with Gasteiger partial charge in [0.2, 0.25) is 10.0 Å². The molecule has 0 atom stereocenters. The van der Waals surface area contributed by atoms with E-state index < -0.39 is 21.6 Å². The molecular formula is C12H17NO4S. The van der Waals surface area contributed by atoms with Crippen LogP contribution in [0.4, 0.5) is 0 Å². The molecule has 0 aromatic heterocycles. The molecule has 0 bridgehead atoms. The van der Waals surface area contributed by atoms with E-state index >= 15 is 0 Å². The average molecular weight is 271 g/mol. The Hall–Kier alpha value is -1.40. The van der Waals surface area contributed by atoms with E-state index in [0.29, 0.717) is 5.56 Å². The van der Waals surface area contributed by atoms with Crippen LogP contribution in [0.5, 0.6) is 0 Å². The second-order valence-corrected chi connectivity index (χ2v) is 6.59. The van der Waals surface area contributed by atoms with Crippen LogP contribution in [0.2, 0.25) is 0 Å². The van der Waals surface area contributed by atoms with Gasteiger partial charge in [0.1, 0.15) is 5.60 Å². The summed E-state index contributed by atoms with van der Waals surface area (Å²) in [7, 11) is -3.83. The SMILES string of the molecule is Cc1ccc(S(N)(=O)=O)cc1C(=O)OC(C)(C)C. The Morgan fingerprint density at radius 3 is 2.28 bits per heavy atom. The van der Waals surface area contributed by atoms with Crippen molar-refractivity contribution in [1.29, 1.82) is 0 Å². The topological polar surface area (TPSA) is 86.5 Å². The number of carbonyl (C=O) groups is 1. The molecule has 0 radical (unpaired) electrons. The largest absolute Gasteiger partial charge is 0.456 e. The maximum Gasteiger partial charge on any atom is 0.338 e. The van der Waals surface area contributed by atoms with E-state index in [9.17, 15) is 13.2 Å². The number of rotatable bonds is 2. The first-order valence-corrected chi connectivity index (χ1v) is 6.92. The van der Waals surface area contributed by atoms with Crippen LogP contribution < -0.4 is 5.14 Å². The highest BCUT2D eigenvalue weighted by Gasteiger charge is 2.21. The van der Waals surface area contributed by atoms with Crippen LogP contribution in [0.1, 0.15) is 36.7 Å². The lowest BCUT2D eigenvalue weighted by Crippen LogP contribution is -2.24. The molecule has 0 heterocycles. The van der Waals surface area contributed by atoms with E-state index in [4.69, 9.17) is 9.88 Å². The molecule has 1 aromatic rings. The minimum atomic E-state index is -3.83. The van der Waals surface area contributed by atoms with Crippen LogP contribution in [0.25, 0.3) is 0 Å². The van der Waals surface area contributed by atoms with E-state index in [1.54, 1.807) is 27.7 Å². The summed E-state index contributed by atoms with van der Waals surface area (Å²) in [6, 6.07) is 4.12. The summed E-state index contributed by atoms with van der Waals surface area (Å²) in [4.78, 5) is 11.8. The summed E-state index contributed by atoms with van der Waals surface area (Å²) >= 11 is 0. The van der Waals surface area contributed by atoms with Gasteiger partial charge in [-0.15, -0.1) is 0 Å². The Morgan fingerprint density at radius 1 is 1.28 bits per heavy atom. The maximum absolute atomic E-state index is 11.9. The third kappa shape index (κ3) is 3.82. The van der Waals surface area contributed by atoms with Crippen molar-refractivity contribution in [2.75, 3.05) is 0 Å². The van der Waals surface area contributed by atoms with Gasteiger partial charge < -0.3 is 4.74 Å². The first-order chi connectivity index (χ1) is 8.00. The van der Waals surface area contributed by atoms with Crippen molar-refractivity contribution in [1.82, 2.24) is 0 Å². The molecule has 1 rings (SSSR count). The fourth-order valence-electron chi connectivity index (χ4n) is 1.33. The van der Waals surface area contributed by atoms with Gasteiger partial charge in [-0.2, -0.15) is 0 Å². The summed E-state index contributed by atoms with van der Waals surface area (Å²) in [5.41, 5.74) is 0.203. The summed E-state index contributed by atoms with van der Waals surface area (Å²) in [5, 5.41) is 5.02. The molecule has 0 saturated heterocycles. The smallest absolute Gasteiger partial charge is 0.338 e. The van der Waals surface area contributed by atoms with Gasteiger partial charge in [0, 0.05) is 0 Å². The zero-order valence-electron chi connectivity index (χ0n) is 10.9. The molecule has 2 N–H and O–H groups in total. The molecule has 1 aromatic carbocycles. The van der Waals surface area contributed by atoms with Gasteiger partial charge in [0.05, 0.1) is 10.5 Å². The van der Waals surface area contributed by atoms with Crippen LogP contribution in [0, 0.1) is 6.92 Å². The Bertz CT molecular complexity index is 570. The van der Waals surface area contributed by atoms with E-state index in [1.165, 1.54) is 18.2 Å². The van der Waals surface area contributed by atoms with Gasteiger partial charge in [0.15, 0.2) is 0 Å². The standard InChI is InChI=1S/C12H17NO4S/c1-8-5-6-9(18(13,15)16)7-10(8)11(14)17-12(2,3)4/h5-7H,1-4H3,(H2,13,15,16). The Morgan fingerprint density at radius 2 is 1.83 bits per heavy atom. The molecule has 0 aliphatic rings. The quantitative estimate of drug-likeness (QED) is 0.828. The van der Waals surface area contributed by atoms with Gasteiger partial charge in [-0.3, -0.25) is 0 Å². The highest BCUT2D eigenvalue weighted by Crippen LogP contribution is 2.18. The first kappa shape index (κ1) is 14.7. The number of aryl methyl sites for hydroxylation is 1. The van der Waals surface area contributed by atoms with E-state index in [-0.39, 0.29) is 10.5 Å². The zero-order chi connectivity index (χ0) is 14.1. The second-order valence-electron chi connectivity index (χ2n) is 5.02. The third-order valence-electron chi connectivity index (χ3n) is 2.16. The van der Waals surface area contributed by atoms with Gasteiger partial charge in [0.25, 0.3) is 0 Å². The Labute approximate surface area is 107 Å². The summed E-state index contributed by atoms with van der Waals surface area (Å²) < 4.78 is 27.7. The lowest BCUT2D eigenvalue weighted by Gasteiger charge is -2.20. The molecule has 18 heavy (non-hydrogen) atoms. The van der Waals surface area contributed by atoms with Gasteiger partial charge in [-0.05, 0) is 45.4 Å². The molecule has 5 nitrogen and oxygen atoms in total. The predicted molar refractivity (Wildman–Crippen MR) is 67.7 cm³/mol.